The van der Waals surface area contributed by atoms with E-state index in [9.17, 15) is 19.8 Å². The van der Waals surface area contributed by atoms with Crippen LogP contribution in [0.3, 0.4) is 0 Å². The SMILES string of the molecule is C[C@H](O)[C@H](C)NC(=O)c1c[nH]c2ncc(-c3nn(C)c4cc(Cl)ccc34)nc12.C[C@H](O)[C@H](C)NC(=O)c1cn(COCC[Si](C)(C)C)c2ncc(-c3nn(C)c4cc(Cl)ccc34)nc12. The van der Waals surface area contributed by atoms with E-state index in [0.29, 0.717) is 72.9 Å². The van der Waals surface area contributed by atoms with E-state index < -0.39 is 32.4 Å². The first-order valence-corrected chi connectivity index (χ1v) is 25.3. The van der Waals surface area contributed by atoms with Crippen LogP contribution < -0.4 is 10.6 Å². The summed E-state index contributed by atoms with van der Waals surface area (Å²) < 4.78 is 11.2. The van der Waals surface area contributed by atoms with Crippen molar-refractivity contribution < 1.29 is 24.5 Å². The molecule has 0 unspecified atom stereocenters. The number of carbonyl (C=O) groups excluding carboxylic acids is 2. The fraction of sp³-hybridized carbons (Fsp3) is 0.364. The van der Waals surface area contributed by atoms with Crippen LogP contribution >= 0.6 is 23.2 Å². The fourth-order valence-electron chi connectivity index (χ4n) is 6.80. The molecule has 0 radical (unpaired) electrons. The average molecular weight is 928 g/mol. The lowest BCUT2D eigenvalue weighted by atomic mass is 10.1. The van der Waals surface area contributed by atoms with Crippen LogP contribution in [0.5, 0.6) is 0 Å². The largest absolute Gasteiger partial charge is 0.391 e. The summed E-state index contributed by atoms with van der Waals surface area (Å²) in [7, 11) is 2.45. The third-order valence-corrected chi connectivity index (χ3v) is 13.1. The molecule has 6 heterocycles. The summed E-state index contributed by atoms with van der Waals surface area (Å²) in [4.78, 5) is 47.2. The minimum absolute atomic E-state index is 0.263. The monoisotopic (exact) mass is 926 g/mol. The quantitative estimate of drug-likeness (QED) is 0.0580. The van der Waals surface area contributed by atoms with E-state index in [1.165, 1.54) is 0 Å². The first-order valence-electron chi connectivity index (χ1n) is 20.8. The van der Waals surface area contributed by atoms with Crippen molar-refractivity contribution in [3.63, 3.8) is 0 Å². The second-order valence-corrected chi connectivity index (χ2v) is 23.7. The van der Waals surface area contributed by atoms with Gasteiger partial charge < -0.3 is 35.1 Å². The van der Waals surface area contributed by atoms with Crippen LogP contribution in [0.25, 0.3) is 66.9 Å². The van der Waals surface area contributed by atoms with Gasteiger partial charge in [0.15, 0.2) is 11.3 Å². The minimum atomic E-state index is -1.23. The van der Waals surface area contributed by atoms with Crippen molar-refractivity contribution in [2.75, 3.05) is 6.61 Å². The second-order valence-electron chi connectivity index (χ2n) is 17.2. The summed E-state index contributed by atoms with van der Waals surface area (Å²) in [6.45, 7) is 14.6. The number of rotatable bonds is 13. The number of nitrogens with zero attached hydrogens (tertiary/aromatic N) is 9. The summed E-state index contributed by atoms with van der Waals surface area (Å²) in [5.74, 6) is -0.665. The van der Waals surface area contributed by atoms with Crippen LogP contribution in [-0.2, 0) is 25.6 Å². The van der Waals surface area contributed by atoms with Crippen molar-refractivity contribution in [1.82, 2.24) is 59.7 Å². The molecule has 0 saturated heterocycles. The number of aromatic nitrogens is 10. The van der Waals surface area contributed by atoms with E-state index in [0.717, 1.165) is 27.8 Å². The summed E-state index contributed by atoms with van der Waals surface area (Å²) in [5, 5.41) is 37.3. The number of aliphatic hydroxyl groups is 2. The number of fused-ring (bicyclic) bond motifs is 4. The van der Waals surface area contributed by atoms with Gasteiger partial charge in [-0.05, 0) is 70.1 Å². The van der Waals surface area contributed by atoms with E-state index in [4.69, 9.17) is 32.9 Å². The van der Waals surface area contributed by atoms with Gasteiger partial charge in [-0.3, -0.25) is 19.0 Å². The molecular formula is C44H52Cl2N12O5Si. The van der Waals surface area contributed by atoms with Gasteiger partial charge >= 0.3 is 0 Å². The molecule has 336 valence electrons. The zero-order valence-electron chi connectivity index (χ0n) is 37.1. The number of amides is 2. The zero-order valence-corrected chi connectivity index (χ0v) is 39.6. The number of aryl methyl sites for hydroxylation is 2. The number of H-pyrrole nitrogens is 1. The van der Waals surface area contributed by atoms with E-state index >= 15 is 0 Å². The lowest BCUT2D eigenvalue weighted by Gasteiger charge is -2.16. The van der Waals surface area contributed by atoms with Gasteiger partial charge in [0.25, 0.3) is 11.8 Å². The van der Waals surface area contributed by atoms with Gasteiger partial charge in [0.05, 0.1) is 58.8 Å². The van der Waals surface area contributed by atoms with Crippen LogP contribution in [0.2, 0.25) is 35.7 Å². The molecule has 64 heavy (non-hydrogen) atoms. The molecule has 8 rings (SSSR count). The Morgan fingerprint density at radius 2 is 1.30 bits per heavy atom. The Balaban J connectivity index is 0.000000197. The molecular weight excluding hydrogens is 876 g/mol. The molecule has 0 aliphatic carbocycles. The van der Waals surface area contributed by atoms with Crippen LogP contribution in [0.15, 0.2) is 61.2 Å². The van der Waals surface area contributed by atoms with Gasteiger partial charge in [0.2, 0.25) is 0 Å². The number of carbonyl (C=O) groups is 2. The number of benzene rings is 2. The van der Waals surface area contributed by atoms with Gasteiger partial charge in [-0.15, -0.1) is 0 Å². The minimum Gasteiger partial charge on any atom is -0.391 e. The number of halogens is 2. The number of aliphatic hydroxyl groups excluding tert-OH is 2. The highest BCUT2D eigenvalue weighted by atomic mass is 35.5. The number of hydrogen-bond donors (Lipinski definition) is 5. The molecule has 2 aromatic carbocycles. The van der Waals surface area contributed by atoms with E-state index in [2.05, 4.69) is 60.4 Å². The molecule has 0 fully saturated rings. The van der Waals surface area contributed by atoms with Crippen molar-refractivity contribution in [2.24, 2.45) is 14.1 Å². The molecule has 0 spiro atoms. The molecule has 8 aromatic rings. The van der Waals surface area contributed by atoms with Gasteiger partial charge in [-0.1, -0.05) is 42.8 Å². The van der Waals surface area contributed by atoms with Crippen LogP contribution in [0.1, 0.15) is 48.4 Å². The Bertz CT molecular complexity index is 3010. The molecule has 0 saturated carbocycles. The molecule has 5 N–H and O–H groups in total. The summed E-state index contributed by atoms with van der Waals surface area (Å²) in [5.41, 5.74) is 6.83. The Hall–Kier alpha value is -5.76. The lowest BCUT2D eigenvalue weighted by Crippen LogP contribution is -2.39. The maximum absolute atomic E-state index is 13.2. The third-order valence-electron chi connectivity index (χ3n) is 10.9. The molecule has 0 aliphatic rings. The highest BCUT2D eigenvalue weighted by molar-refractivity contribution is 6.76. The summed E-state index contributed by atoms with van der Waals surface area (Å²) in [6.07, 6.45) is 5.20. The van der Waals surface area contributed by atoms with Crippen molar-refractivity contribution in [3.05, 3.63) is 82.4 Å². The van der Waals surface area contributed by atoms with Gasteiger partial charge in [0.1, 0.15) is 40.5 Å². The number of nitrogens with one attached hydrogen (secondary N) is 3. The van der Waals surface area contributed by atoms with E-state index in [1.54, 1.807) is 72.5 Å². The van der Waals surface area contributed by atoms with Crippen LogP contribution in [-0.4, -0.2) is 110 Å². The van der Waals surface area contributed by atoms with Crippen molar-refractivity contribution in [1.29, 1.82) is 0 Å². The maximum atomic E-state index is 13.2. The van der Waals surface area contributed by atoms with E-state index in [1.807, 2.05) is 44.4 Å². The molecule has 6 aromatic heterocycles. The Labute approximate surface area is 380 Å². The standard InChI is InChI=1S/C25H33ClN6O3Si.C19H19ClN6O2/c1-15(16(2)33)28-25(34)19-13-32(14-35-9-10-36(4,5)6)24-23(19)29-20(12-27-24)22-18-8-7-17(26)11-21(18)31(3)30-22;1-9(10(2)27)23-19(28)13-7-21-18-17(13)24-14(8-22-18)16-12-5-4-11(20)6-15(12)26(3)25-16/h7-8,11-13,15-16,33H,9-10,14H2,1-6H3,(H,28,34);4-10,27H,1-3H3,(H,21,22)(H,23,28)/t15-,16-;9-,10-/m00/s1. The average Bonchev–Trinajstić information content (AvgIpc) is 4.00. The number of ether oxygens (including phenoxy) is 1. The summed E-state index contributed by atoms with van der Waals surface area (Å²) >= 11 is 12.3. The zero-order chi connectivity index (χ0) is 46.2. The molecule has 17 nitrogen and oxygen atoms in total. The van der Waals surface area contributed by atoms with E-state index in [-0.39, 0.29) is 18.5 Å². The van der Waals surface area contributed by atoms with Gasteiger partial charge in [-0.25, -0.2) is 19.9 Å². The Kier molecular flexibility index (Phi) is 13.6. The predicted molar refractivity (Wildman–Crippen MR) is 252 cm³/mol. The Morgan fingerprint density at radius 3 is 1.83 bits per heavy atom. The lowest BCUT2D eigenvalue weighted by molar-refractivity contribution is 0.0860. The van der Waals surface area contributed by atoms with Crippen molar-refractivity contribution >= 4 is 87.2 Å². The second kappa shape index (κ2) is 18.8. The van der Waals surface area contributed by atoms with Crippen LogP contribution in [0, 0.1) is 0 Å². The van der Waals surface area contributed by atoms with Gasteiger partial charge in [-0.2, -0.15) is 10.2 Å². The molecule has 20 heteroatoms. The first kappa shape index (κ1) is 46.2. The maximum Gasteiger partial charge on any atom is 0.255 e. The molecule has 2 amide bonds. The number of hydrogen-bond acceptors (Lipinski definition) is 11. The third kappa shape index (κ3) is 9.96. The smallest absolute Gasteiger partial charge is 0.255 e. The Morgan fingerprint density at radius 1 is 0.781 bits per heavy atom. The fourth-order valence-corrected chi connectivity index (χ4v) is 7.89. The first-order chi connectivity index (χ1) is 30.3. The summed E-state index contributed by atoms with van der Waals surface area (Å²) in [6, 6.07) is 11.3. The van der Waals surface area contributed by atoms with Gasteiger partial charge in [0, 0.05) is 62.0 Å². The number of aromatic amines is 1. The highest BCUT2D eigenvalue weighted by Crippen LogP contribution is 2.31. The molecule has 4 atom stereocenters. The molecule has 0 bridgehead atoms. The predicted octanol–water partition coefficient (Wildman–Crippen LogP) is 7.11. The van der Waals surface area contributed by atoms with Crippen LogP contribution in [0.4, 0.5) is 0 Å². The normalized spacial score (nSPS) is 13.8. The highest BCUT2D eigenvalue weighted by Gasteiger charge is 2.24. The van der Waals surface area contributed by atoms with Crippen molar-refractivity contribution in [3.8, 4) is 22.8 Å². The van der Waals surface area contributed by atoms with Crippen molar-refractivity contribution in [2.45, 2.75) is 84.4 Å². The topological polar surface area (TPSA) is 216 Å². The molecule has 0 aliphatic heterocycles.